The van der Waals surface area contributed by atoms with Gasteiger partial charge in [0.05, 0.1) is 22.6 Å². The number of imidazole rings is 1. The summed E-state index contributed by atoms with van der Waals surface area (Å²) in [7, 11) is -2.24. The van der Waals surface area contributed by atoms with Crippen LogP contribution >= 0.6 is 11.6 Å². The lowest BCUT2D eigenvalue weighted by atomic mass is 9.75. The Morgan fingerprint density at radius 2 is 1.80 bits per heavy atom. The second kappa shape index (κ2) is 9.59. The fraction of sp³-hybridized carbons (Fsp3) is 0.318. The zero-order valence-electron chi connectivity index (χ0n) is 18.5. The highest BCUT2D eigenvalue weighted by Gasteiger charge is 2.43. The monoisotopic (exact) mass is 527 g/mol. The highest BCUT2D eigenvalue weighted by atomic mass is 35.5. The molecule has 0 bridgehead atoms. The standard InChI is InChI=1S/C22H21ClF3N5O3S/c1-30-11-17(29-13-30)35(33,34)31-9-6-22(7-10-31,20-16(26)3-2-8-27-20)12-28-21(32)18-14(24)4-5-15(25)19(18)23/h2-5,8,11,13H,6-7,9-10,12H2,1H3,(H,28,32). The SMILES string of the molecule is Cn1cnc(S(=O)(=O)N2CCC(CNC(=O)c3c(F)ccc(F)c3Cl)(c3ncccc3F)CC2)c1. The van der Waals surface area contributed by atoms with E-state index >= 15 is 0 Å². The number of aryl methyl sites for hydroxylation is 1. The maximum atomic E-state index is 14.8. The van der Waals surface area contributed by atoms with E-state index in [0.717, 1.165) is 12.1 Å². The summed E-state index contributed by atoms with van der Waals surface area (Å²) in [5.41, 5.74) is -1.73. The molecule has 0 aliphatic carbocycles. The Kier molecular flexibility index (Phi) is 6.89. The Morgan fingerprint density at radius 1 is 1.11 bits per heavy atom. The number of nitrogens with one attached hydrogen (secondary N) is 1. The molecule has 3 heterocycles. The minimum absolute atomic E-state index is 0.000124. The number of carbonyl (C=O) groups excluding carboxylic acids is 1. The highest BCUT2D eigenvalue weighted by Crippen LogP contribution is 2.37. The van der Waals surface area contributed by atoms with Crippen molar-refractivity contribution in [3.05, 3.63) is 76.7 Å². The molecule has 0 saturated carbocycles. The van der Waals surface area contributed by atoms with E-state index < -0.39 is 49.4 Å². The summed E-state index contributed by atoms with van der Waals surface area (Å²) >= 11 is 5.79. The number of sulfonamides is 1. The van der Waals surface area contributed by atoms with Crippen molar-refractivity contribution in [2.75, 3.05) is 19.6 Å². The Balaban J connectivity index is 1.60. The average Bonchev–Trinajstić information content (AvgIpc) is 3.28. The van der Waals surface area contributed by atoms with Crippen molar-refractivity contribution < 1.29 is 26.4 Å². The molecular weight excluding hydrogens is 507 g/mol. The van der Waals surface area contributed by atoms with E-state index in [-0.39, 0.29) is 43.2 Å². The van der Waals surface area contributed by atoms with Crippen LogP contribution < -0.4 is 5.32 Å². The van der Waals surface area contributed by atoms with Crippen LogP contribution in [0.15, 0.2) is 48.0 Å². The minimum atomic E-state index is -3.88. The molecule has 35 heavy (non-hydrogen) atoms. The lowest BCUT2D eigenvalue weighted by molar-refractivity contribution is 0.0926. The fourth-order valence-corrected chi connectivity index (χ4v) is 5.80. The van der Waals surface area contributed by atoms with Gasteiger partial charge in [0, 0.05) is 44.5 Å². The van der Waals surface area contributed by atoms with E-state index in [0.29, 0.717) is 0 Å². The van der Waals surface area contributed by atoms with Gasteiger partial charge in [-0.25, -0.2) is 26.6 Å². The minimum Gasteiger partial charge on any atom is -0.351 e. The molecule has 3 aromatic rings. The number of amides is 1. The molecule has 186 valence electrons. The number of hydrogen-bond acceptors (Lipinski definition) is 5. The summed E-state index contributed by atoms with van der Waals surface area (Å²) in [4.78, 5) is 20.8. The van der Waals surface area contributed by atoms with Gasteiger partial charge in [0.1, 0.15) is 17.5 Å². The maximum absolute atomic E-state index is 14.8. The second-order valence-electron chi connectivity index (χ2n) is 8.30. The number of carbonyl (C=O) groups is 1. The van der Waals surface area contributed by atoms with E-state index in [1.807, 2.05) is 0 Å². The Morgan fingerprint density at radius 3 is 2.43 bits per heavy atom. The van der Waals surface area contributed by atoms with Gasteiger partial charge < -0.3 is 9.88 Å². The number of hydrogen-bond donors (Lipinski definition) is 1. The zero-order chi connectivity index (χ0) is 25.4. The molecule has 0 atom stereocenters. The molecule has 2 aromatic heterocycles. The van der Waals surface area contributed by atoms with Gasteiger partial charge in [-0.3, -0.25) is 9.78 Å². The van der Waals surface area contributed by atoms with Crippen LogP contribution in [0.4, 0.5) is 13.2 Å². The molecule has 1 aliphatic heterocycles. The Bertz CT molecular complexity index is 1370. The van der Waals surface area contributed by atoms with Crippen molar-refractivity contribution in [2.24, 2.45) is 7.05 Å². The molecular formula is C22H21ClF3N5O3S. The fourth-order valence-electron chi connectivity index (χ4n) is 4.16. The molecule has 13 heteroatoms. The Hall–Kier alpha value is -2.96. The molecule has 1 aliphatic rings. The van der Waals surface area contributed by atoms with E-state index in [1.165, 1.54) is 39.7 Å². The van der Waals surface area contributed by atoms with Gasteiger partial charge in [-0.05, 0) is 37.1 Å². The first-order chi connectivity index (χ1) is 16.5. The first-order valence-electron chi connectivity index (χ1n) is 10.6. The number of benzene rings is 1. The van der Waals surface area contributed by atoms with Gasteiger partial charge >= 0.3 is 0 Å². The number of nitrogens with zero attached hydrogens (tertiary/aromatic N) is 4. The lowest BCUT2D eigenvalue weighted by Crippen LogP contribution is -2.51. The Labute approximate surface area is 204 Å². The third kappa shape index (κ3) is 4.78. The quantitative estimate of drug-likeness (QED) is 0.497. The number of pyridine rings is 1. The predicted molar refractivity (Wildman–Crippen MR) is 121 cm³/mol. The molecule has 0 spiro atoms. The van der Waals surface area contributed by atoms with Crippen molar-refractivity contribution in [1.29, 1.82) is 0 Å². The van der Waals surface area contributed by atoms with Gasteiger partial charge in [0.25, 0.3) is 15.9 Å². The number of rotatable bonds is 6. The smallest absolute Gasteiger partial charge is 0.262 e. The third-order valence-electron chi connectivity index (χ3n) is 6.08. The van der Waals surface area contributed by atoms with Crippen LogP contribution in [0.5, 0.6) is 0 Å². The van der Waals surface area contributed by atoms with Gasteiger partial charge in [-0.1, -0.05) is 11.6 Å². The molecule has 4 rings (SSSR count). The first-order valence-corrected chi connectivity index (χ1v) is 12.4. The number of piperidine rings is 1. The lowest BCUT2D eigenvalue weighted by Gasteiger charge is -2.40. The summed E-state index contributed by atoms with van der Waals surface area (Å²) < 4.78 is 71.5. The summed E-state index contributed by atoms with van der Waals surface area (Å²) in [6, 6.07) is 4.21. The van der Waals surface area contributed by atoms with E-state index in [4.69, 9.17) is 11.6 Å². The summed E-state index contributed by atoms with van der Waals surface area (Å²) in [5, 5.41) is 1.73. The van der Waals surface area contributed by atoms with Crippen molar-refractivity contribution in [3.63, 3.8) is 0 Å². The van der Waals surface area contributed by atoms with Crippen LogP contribution in [-0.2, 0) is 22.5 Å². The van der Waals surface area contributed by atoms with Crippen molar-refractivity contribution in [2.45, 2.75) is 23.3 Å². The molecule has 0 radical (unpaired) electrons. The first kappa shape index (κ1) is 25.1. The van der Waals surface area contributed by atoms with Crippen LogP contribution in [0.1, 0.15) is 28.9 Å². The maximum Gasteiger partial charge on any atom is 0.262 e. The number of aromatic nitrogens is 3. The summed E-state index contributed by atoms with van der Waals surface area (Å²) in [6.07, 6.45) is 4.35. The van der Waals surface area contributed by atoms with Crippen molar-refractivity contribution in [3.8, 4) is 0 Å². The molecule has 1 saturated heterocycles. The molecule has 8 nitrogen and oxygen atoms in total. The molecule has 1 N–H and O–H groups in total. The topological polar surface area (TPSA) is 97.2 Å². The predicted octanol–water partition coefficient (Wildman–Crippen LogP) is 3.04. The zero-order valence-corrected chi connectivity index (χ0v) is 20.1. The van der Waals surface area contributed by atoms with Gasteiger partial charge in [0.2, 0.25) is 0 Å². The van der Waals surface area contributed by atoms with Crippen LogP contribution in [0.25, 0.3) is 0 Å². The molecule has 1 fully saturated rings. The molecule has 1 amide bonds. The van der Waals surface area contributed by atoms with Crippen molar-refractivity contribution in [1.82, 2.24) is 24.2 Å². The number of halogens is 4. The molecule has 0 unspecified atom stereocenters. The van der Waals surface area contributed by atoms with E-state index in [1.54, 1.807) is 7.05 Å². The van der Waals surface area contributed by atoms with E-state index in [2.05, 4.69) is 15.3 Å². The van der Waals surface area contributed by atoms with Crippen LogP contribution in [0.2, 0.25) is 5.02 Å². The van der Waals surface area contributed by atoms with Crippen molar-refractivity contribution >= 4 is 27.5 Å². The molecule has 1 aromatic carbocycles. The summed E-state index contributed by atoms with van der Waals surface area (Å²) in [6.45, 7) is -0.205. The normalized spacial score (nSPS) is 16.3. The third-order valence-corrected chi connectivity index (χ3v) is 8.24. The highest BCUT2D eigenvalue weighted by molar-refractivity contribution is 7.89. The summed E-state index contributed by atoms with van der Waals surface area (Å²) in [5.74, 6) is -3.58. The van der Waals surface area contributed by atoms with Crippen LogP contribution in [0, 0.1) is 17.5 Å². The largest absolute Gasteiger partial charge is 0.351 e. The van der Waals surface area contributed by atoms with Gasteiger partial charge in [0.15, 0.2) is 5.03 Å². The van der Waals surface area contributed by atoms with Gasteiger partial charge in [-0.2, -0.15) is 4.31 Å². The van der Waals surface area contributed by atoms with Crippen LogP contribution in [0.3, 0.4) is 0 Å². The second-order valence-corrected chi connectivity index (χ2v) is 10.6. The van der Waals surface area contributed by atoms with Gasteiger partial charge in [-0.15, -0.1) is 0 Å². The average molecular weight is 528 g/mol. The van der Waals surface area contributed by atoms with E-state index in [9.17, 15) is 26.4 Å². The van der Waals surface area contributed by atoms with Crippen LogP contribution in [-0.4, -0.2) is 52.8 Å².